The topological polar surface area (TPSA) is 45.7 Å². The van der Waals surface area contributed by atoms with Crippen molar-refractivity contribution in [3.05, 3.63) is 34.9 Å². The van der Waals surface area contributed by atoms with Crippen LogP contribution in [0.2, 0.25) is 5.02 Å². The van der Waals surface area contributed by atoms with E-state index in [9.17, 15) is 0 Å². The number of nitrogens with zero attached hydrogens (tertiary/aromatic N) is 1. The van der Waals surface area contributed by atoms with Crippen molar-refractivity contribution in [1.82, 2.24) is 10.6 Å². The van der Waals surface area contributed by atoms with E-state index in [0.717, 1.165) is 16.5 Å². The number of ether oxygens (including phenoxy) is 1. The van der Waals surface area contributed by atoms with Gasteiger partial charge in [0.05, 0.1) is 0 Å². The van der Waals surface area contributed by atoms with Gasteiger partial charge in [0.2, 0.25) is 0 Å². The van der Waals surface area contributed by atoms with E-state index >= 15 is 0 Å². The van der Waals surface area contributed by atoms with Crippen LogP contribution in [0.5, 0.6) is 0 Å². The Bertz CT molecular complexity index is 446. The SMILES string of the molecule is CN=C(NCC(OC)c1ccccc1Cl)NC1CC1. The molecule has 4 nitrogen and oxygen atoms in total. The first-order valence-electron chi connectivity index (χ1n) is 6.49. The Morgan fingerprint density at radius 1 is 1.47 bits per heavy atom. The minimum Gasteiger partial charge on any atom is -0.375 e. The number of guanidine groups is 1. The van der Waals surface area contributed by atoms with E-state index in [4.69, 9.17) is 16.3 Å². The zero-order chi connectivity index (χ0) is 13.7. The largest absolute Gasteiger partial charge is 0.375 e. The number of rotatable bonds is 5. The maximum absolute atomic E-state index is 6.19. The summed E-state index contributed by atoms with van der Waals surface area (Å²) < 4.78 is 5.50. The number of halogens is 1. The van der Waals surface area contributed by atoms with Crippen LogP contribution in [0.1, 0.15) is 24.5 Å². The lowest BCUT2D eigenvalue weighted by Gasteiger charge is -2.19. The number of hydrogen-bond donors (Lipinski definition) is 2. The van der Waals surface area contributed by atoms with Crippen molar-refractivity contribution in [2.75, 3.05) is 20.7 Å². The lowest BCUT2D eigenvalue weighted by atomic mass is 10.1. The van der Waals surface area contributed by atoms with E-state index in [1.165, 1.54) is 12.8 Å². The van der Waals surface area contributed by atoms with Gasteiger partial charge in [-0.3, -0.25) is 4.99 Å². The molecule has 1 aliphatic rings. The summed E-state index contributed by atoms with van der Waals surface area (Å²) in [6, 6.07) is 8.31. The zero-order valence-electron chi connectivity index (χ0n) is 11.3. The molecule has 19 heavy (non-hydrogen) atoms. The first-order valence-corrected chi connectivity index (χ1v) is 6.86. The molecule has 0 saturated heterocycles. The fourth-order valence-corrected chi connectivity index (χ4v) is 2.12. The Labute approximate surface area is 119 Å². The molecule has 1 atom stereocenters. The molecule has 0 bridgehead atoms. The average Bonchev–Trinajstić information content (AvgIpc) is 3.23. The first-order chi connectivity index (χ1) is 9.24. The van der Waals surface area contributed by atoms with Gasteiger partial charge in [-0.25, -0.2) is 0 Å². The predicted octanol–water partition coefficient (Wildman–Crippen LogP) is 2.35. The molecule has 1 unspecified atom stereocenters. The van der Waals surface area contributed by atoms with Crippen LogP contribution in [-0.4, -0.2) is 32.7 Å². The number of benzene rings is 1. The van der Waals surface area contributed by atoms with Crippen molar-refractivity contribution in [2.45, 2.75) is 25.0 Å². The van der Waals surface area contributed by atoms with Crippen LogP contribution in [-0.2, 0) is 4.74 Å². The molecular formula is C14H20ClN3O. The Morgan fingerprint density at radius 3 is 2.79 bits per heavy atom. The summed E-state index contributed by atoms with van der Waals surface area (Å²) in [6.45, 7) is 0.632. The van der Waals surface area contributed by atoms with Crippen molar-refractivity contribution in [1.29, 1.82) is 0 Å². The van der Waals surface area contributed by atoms with E-state index in [1.807, 2.05) is 24.3 Å². The molecule has 2 rings (SSSR count). The molecule has 0 aromatic heterocycles. The van der Waals surface area contributed by atoms with Gasteiger partial charge in [-0.1, -0.05) is 29.8 Å². The van der Waals surface area contributed by atoms with Gasteiger partial charge in [-0.15, -0.1) is 0 Å². The van der Waals surface area contributed by atoms with Crippen LogP contribution in [0, 0.1) is 0 Å². The molecule has 1 aromatic carbocycles. The highest BCUT2D eigenvalue weighted by Gasteiger charge is 2.22. The van der Waals surface area contributed by atoms with E-state index in [2.05, 4.69) is 15.6 Å². The summed E-state index contributed by atoms with van der Waals surface area (Å²) in [5.41, 5.74) is 0.987. The monoisotopic (exact) mass is 281 g/mol. The number of nitrogens with one attached hydrogen (secondary N) is 2. The van der Waals surface area contributed by atoms with Gasteiger partial charge in [0.15, 0.2) is 5.96 Å². The minimum absolute atomic E-state index is 0.0912. The third-order valence-electron chi connectivity index (χ3n) is 3.13. The van der Waals surface area contributed by atoms with E-state index < -0.39 is 0 Å². The Balaban J connectivity index is 1.93. The minimum atomic E-state index is -0.0912. The number of hydrogen-bond acceptors (Lipinski definition) is 2. The van der Waals surface area contributed by atoms with Crippen molar-refractivity contribution in [2.24, 2.45) is 4.99 Å². The van der Waals surface area contributed by atoms with Crippen molar-refractivity contribution < 1.29 is 4.74 Å². The molecule has 1 fully saturated rings. The maximum atomic E-state index is 6.19. The zero-order valence-corrected chi connectivity index (χ0v) is 12.1. The van der Waals surface area contributed by atoms with Crippen LogP contribution in [0.4, 0.5) is 0 Å². The molecule has 1 aromatic rings. The Kier molecular flexibility index (Phi) is 5.05. The second-order valence-electron chi connectivity index (χ2n) is 4.62. The standard InChI is InChI=1S/C14H20ClN3O/c1-16-14(18-10-7-8-10)17-9-13(19-2)11-5-3-4-6-12(11)15/h3-6,10,13H,7-9H2,1-2H3,(H2,16,17,18). The van der Waals surface area contributed by atoms with Gasteiger partial charge >= 0.3 is 0 Å². The van der Waals surface area contributed by atoms with Crippen LogP contribution >= 0.6 is 11.6 Å². The van der Waals surface area contributed by atoms with Gasteiger partial charge in [0.25, 0.3) is 0 Å². The quantitative estimate of drug-likeness (QED) is 0.643. The maximum Gasteiger partial charge on any atom is 0.191 e. The van der Waals surface area contributed by atoms with Crippen LogP contribution < -0.4 is 10.6 Å². The molecule has 0 amide bonds. The predicted molar refractivity (Wildman–Crippen MR) is 78.7 cm³/mol. The van der Waals surface area contributed by atoms with Crippen LogP contribution in [0.25, 0.3) is 0 Å². The van der Waals surface area contributed by atoms with Gasteiger partial charge in [0.1, 0.15) is 6.10 Å². The third kappa shape index (κ3) is 4.11. The number of methoxy groups -OCH3 is 1. The van der Waals surface area contributed by atoms with Gasteiger partial charge in [-0.05, 0) is 18.9 Å². The normalized spacial score (nSPS) is 17.1. The van der Waals surface area contributed by atoms with E-state index in [-0.39, 0.29) is 6.10 Å². The Morgan fingerprint density at radius 2 is 2.21 bits per heavy atom. The number of aliphatic imine (C=N–C) groups is 1. The average molecular weight is 282 g/mol. The molecule has 2 N–H and O–H groups in total. The summed E-state index contributed by atoms with van der Waals surface area (Å²) in [4.78, 5) is 4.20. The molecule has 1 aliphatic carbocycles. The molecule has 0 aliphatic heterocycles. The molecule has 0 heterocycles. The van der Waals surface area contributed by atoms with Crippen molar-refractivity contribution in [3.63, 3.8) is 0 Å². The van der Waals surface area contributed by atoms with Crippen LogP contribution in [0.15, 0.2) is 29.3 Å². The van der Waals surface area contributed by atoms with E-state index in [0.29, 0.717) is 12.6 Å². The summed E-state index contributed by atoms with van der Waals surface area (Å²) in [5, 5.41) is 7.33. The molecule has 5 heteroatoms. The van der Waals surface area contributed by atoms with Gasteiger partial charge in [0, 0.05) is 37.3 Å². The Hall–Kier alpha value is -1.26. The summed E-state index contributed by atoms with van der Waals surface area (Å²) in [6.07, 6.45) is 2.35. The van der Waals surface area contributed by atoms with Crippen molar-refractivity contribution in [3.8, 4) is 0 Å². The smallest absolute Gasteiger partial charge is 0.191 e. The van der Waals surface area contributed by atoms with Crippen LogP contribution in [0.3, 0.4) is 0 Å². The molecule has 0 spiro atoms. The molecule has 0 radical (unpaired) electrons. The van der Waals surface area contributed by atoms with Crippen molar-refractivity contribution >= 4 is 17.6 Å². The third-order valence-corrected chi connectivity index (χ3v) is 3.48. The second kappa shape index (κ2) is 6.78. The van der Waals surface area contributed by atoms with Gasteiger partial charge in [-0.2, -0.15) is 0 Å². The second-order valence-corrected chi connectivity index (χ2v) is 5.02. The molecule has 1 saturated carbocycles. The first kappa shape index (κ1) is 14.2. The lowest BCUT2D eigenvalue weighted by Crippen LogP contribution is -2.40. The van der Waals surface area contributed by atoms with Gasteiger partial charge < -0.3 is 15.4 Å². The fourth-order valence-electron chi connectivity index (χ4n) is 1.86. The molecule has 104 valence electrons. The summed E-state index contributed by atoms with van der Waals surface area (Å²) >= 11 is 6.19. The highest BCUT2D eigenvalue weighted by molar-refractivity contribution is 6.31. The molecular weight excluding hydrogens is 262 g/mol. The van der Waals surface area contributed by atoms with E-state index in [1.54, 1.807) is 14.2 Å². The fraction of sp³-hybridized carbons (Fsp3) is 0.500. The highest BCUT2D eigenvalue weighted by atomic mass is 35.5. The highest BCUT2D eigenvalue weighted by Crippen LogP contribution is 2.24. The summed E-state index contributed by atoms with van der Waals surface area (Å²) in [7, 11) is 3.46. The summed E-state index contributed by atoms with van der Waals surface area (Å²) in [5.74, 6) is 0.816. The lowest BCUT2D eigenvalue weighted by molar-refractivity contribution is 0.106.